The third-order valence-electron chi connectivity index (χ3n) is 7.64. The summed E-state index contributed by atoms with van der Waals surface area (Å²) in [6, 6.07) is 20.5. The number of nitrogens with zero attached hydrogens (tertiary/aromatic N) is 1. The summed E-state index contributed by atoms with van der Waals surface area (Å²) in [7, 11) is 2.82. The first-order chi connectivity index (χ1) is 19.9. The van der Waals surface area contributed by atoms with Gasteiger partial charge in [0.15, 0.2) is 0 Å². The van der Waals surface area contributed by atoms with Crippen molar-refractivity contribution in [2.75, 3.05) is 27.3 Å². The van der Waals surface area contributed by atoms with E-state index >= 15 is 0 Å². The van der Waals surface area contributed by atoms with Crippen LogP contribution in [0.4, 0.5) is 0 Å². The third-order valence-corrected chi connectivity index (χ3v) is 8.17. The van der Waals surface area contributed by atoms with Gasteiger partial charge in [-0.1, -0.05) is 46.3 Å². The van der Waals surface area contributed by atoms with E-state index in [4.69, 9.17) is 14.2 Å². The van der Waals surface area contributed by atoms with Crippen LogP contribution in [0.2, 0.25) is 0 Å². The standard InChI is InChI=1S/C34H40BrNO5/c1-39-33(37)9-5-6-19-36(23-25-10-14-27(15-11-25)34(38)40-2)20-18-30-21-28-7-3-4-8-29(28)22-32(30)41-24-26-12-16-31(35)17-13-26/h10-17,21-22H,3-9,18-20,23-24H2,1-2H3. The lowest BCUT2D eigenvalue weighted by molar-refractivity contribution is -0.140. The minimum absolute atomic E-state index is 0.170. The highest BCUT2D eigenvalue weighted by Crippen LogP contribution is 2.31. The molecule has 4 rings (SSSR count). The summed E-state index contributed by atoms with van der Waals surface area (Å²) in [4.78, 5) is 25.9. The van der Waals surface area contributed by atoms with Crippen LogP contribution in [-0.2, 0) is 46.7 Å². The van der Waals surface area contributed by atoms with Crippen molar-refractivity contribution in [3.63, 3.8) is 0 Å². The summed E-state index contributed by atoms with van der Waals surface area (Å²) in [6.07, 6.45) is 7.66. The Bertz CT molecular complexity index is 1290. The lowest BCUT2D eigenvalue weighted by atomic mass is 9.89. The molecular weight excluding hydrogens is 582 g/mol. The van der Waals surface area contributed by atoms with Crippen LogP contribution in [0.5, 0.6) is 5.75 Å². The van der Waals surface area contributed by atoms with E-state index in [0.717, 1.165) is 73.1 Å². The number of rotatable bonds is 14. The van der Waals surface area contributed by atoms with Crippen LogP contribution in [0.3, 0.4) is 0 Å². The van der Waals surface area contributed by atoms with E-state index in [1.807, 2.05) is 36.4 Å². The van der Waals surface area contributed by atoms with E-state index < -0.39 is 0 Å². The zero-order valence-electron chi connectivity index (χ0n) is 24.1. The number of halogens is 1. The van der Waals surface area contributed by atoms with Crippen LogP contribution in [0.1, 0.15) is 70.3 Å². The molecule has 0 heterocycles. The first-order valence-electron chi connectivity index (χ1n) is 14.4. The maximum atomic E-state index is 11.9. The Morgan fingerprint density at radius 2 is 1.51 bits per heavy atom. The molecule has 41 heavy (non-hydrogen) atoms. The van der Waals surface area contributed by atoms with Gasteiger partial charge in [0.25, 0.3) is 0 Å². The van der Waals surface area contributed by atoms with E-state index in [1.165, 1.54) is 43.8 Å². The van der Waals surface area contributed by atoms with Gasteiger partial charge in [-0.3, -0.25) is 9.69 Å². The maximum absolute atomic E-state index is 11.9. The Morgan fingerprint density at radius 1 is 0.829 bits per heavy atom. The Kier molecular flexibility index (Phi) is 11.8. The van der Waals surface area contributed by atoms with Crippen LogP contribution in [0.15, 0.2) is 65.1 Å². The van der Waals surface area contributed by atoms with Gasteiger partial charge in [0.2, 0.25) is 0 Å². The number of aryl methyl sites for hydroxylation is 2. The van der Waals surface area contributed by atoms with Gasteiger partial charge in [0.1, 0.15) is 12.4 Å². The Hall–Kier alpha value is -3.16. The number of fused-ring (bicyclic) bond motifs is 1. The second-order valence-corrected chi connectivity index (χ2v) is 11.5. The van der Waals surface area contributed by atoms with Crippen molar-refractivity contribution >= 4 is 27.9 Å². The molecule has 0 amide bonds. The number of carbonyl (C=O) groups is 2. The fourth-order valence-corrected chi connectivity index (χ4v) is 5.53. The van der Waals surface area contributed by atoms with Crippen molar-refractivity contribution in [1.29, 1.82) is 0 Å². The first kappa shape index (κ1) is 30.8. The van der Waals surface area contributed by atoms with Gasteiger partial charge in [0, 0.05) is 24.0 Å². The van der Waals surface area contributed by atoms with Crippen molar-refractivity contribution in [2.24, 2.45) is 0 Å². The number of carbonyl (C=O) groups excluding carboxylic acids is 2. The number of hydrogen-bond acceptors (Lipinski definition) is 6. The highest BCUT2D eigenvalue weighted by Gasteiger charge is 2.17. The number of methoxy groups -OCH3 is 2. The molecule has 3 aromatic carbocycles. The van der Waals surface area contributed by atoms with E-state index in [1.54, 1.807) is 0 Å². The molecule has 6 nitrogen and oxygen atoms in total. The Morgan fingerprint density at radius 3 is 2.20 bits per heavy atom. The highest BCUT2D eigenvalue weighted by atomic mass is 79.9. The third kappa shape index (κ3) is 9.44. The quantitative estimate of drug-likeness (QED) is 0.141. The molecule has 0 saturated heterocycles. The number of esters is 2. The average Bonchev–Trinajstić information content (AvgIpc) is 3.01. The summed E-state index contributed by atoms with van der Waals surface area (Å²) in [6.45, 7) is 2.99. The second-order valence-electron chi connectivity index (χ2n) is 10.6. The van der Waals surface area contributed by atoms with E-state index in [9.17, 15) is 9.59 Å². The first-order valence-corrected chi connectivity index (χ1v) is 15.2. The molecule has 3 aromatic rings. The molecule has 0 spiro atoms. The molecule has 0 aliphatic heterocycles. The van der Waals surface area contributed by atoms with E-state index in [2.05, 4.69) is 45.1 Å². The molecule has 7 heteroatoms. The Labute approximate surface area is 252 Å². The number of hydrogen-bond donors (Lipinski definition) is 0. The summed E-state index contributed by atoms with van der Waals surface area (Å²) in [5.74, 6) is 0.470. The van der Waals surface area contributed by atoms with Crippen molar-refractivity contribution in [3.8, 4) is 5.75 Å². The normalized spacial score (nSPS) is 12.6. The highest BCUT2D eigenvalue weighted by molar-refractivity contribution is 9.10. The molecule has 0 atom stereocenters. The van der Waals surface area contributed by atoms with Gasteiger partial charge in [-0.05, 0) is 110 Å². The van der Waals surface area contributed by atoms with Gasteiger partial charge in [-0.2, -0.15) is 0 Å². The number of unbranched alkanes of at least 4 members (excludes halogenated alkanes) is 1. The lowest BCUT2D eigenvalue weighted by Gasteiger charge is -2.25. The monoisotopic (exact) mass is 621 g/mol. The minimum Gasteiger partial charge on any atom is -0.489 e. The minimum atomic E-state index is -0.334. The topological polar surface area (TPSA) is 65.1 Å². The zero-order chi connectivity index (χ0) is 29.0. The van der Waals surface area contributed by atoms with Gasteiger partial charge >= 0.3 is 11.9 Å². The fraction of sp³-hybridized carbons (Fsp3) is 0.412. The SMILES string of the molecule is COC(=O)CCCCN(CCc1cc2c(cc1OCc1ccc(Br)cc1)CCCC2)Cc1ccc(C(=O)OC)cc1. The second kappa shape index (κ2) is 15.7. The fourth-order valence-electron chi connectivity index (χ4n) is 5.26. The lowest BCUT2D eigenvalue weighted by Crippen LogP contribution is -2.27. The molecular formula is C34H40BrNO5. The predicted octanol–water partition coefficient (Wildman–Crippen LogP) is 7.08. The van der Waals surface area contributed by atoms with Gasteiger partial charge in [-0.25, -0.2) is 4.79 Å². The molecule has 0 unspecified atom stereocenters. The van der Waals surface area contributed by atoms with Crippen LogP contribution in [0, 0.1) is 0 Å². The molecule has 0 fully saturated rings. The van der Waals surface area contributed by atoms with Crippen molar-refractivity contribution < 1.29 is 23.8 Å². The van der Waals surface area contributed by atoms with Crippen LogP contribution in [-0.4, -0.2) is 44.1 Å². The number of ether oxygens (including phenoxy) is 3. The molecule has 0 radical (unpaired) electrons. The van der Waals surface area contributed by atoms with E-state index in [0.29, 0.717) is 18.6 Å². The molecule has 0 bridgehead atoms. The predicted molar refractivity (Wildman–Crippen MR) is 164 cm³/mol. The van der Waals surface area contributed by atoms with Crippen LogP contribution in [0.25, 0.3) is 0 Å². The van der Waals surface area contributed by atoms with Gasteiger partial charge in [-0.15, -0.1) is 0 Å². The summed E-state index contributed by atoms with van der Waals surface area (Å²) >= 11 is 3.51. The molecule has 218 valence electrons. The van der Waals surface area contributed by atoms with Gasteiger partial charge < -0.3 is 14.2 Å². The van der Waals surface area contributed by atoms with Crippen LogP contribution < -0.4 is 4.74 Å². The molecule has 1 aliphatic rings. The summed E-state index contributed by atoms with van der Waals surface area (Å²) < 4.78 is 17.1. The van der Waals surface area contributed by atoms with Crippen molar-refractivity contribution in [2.45, 2.75) is 64.5 Å². The zero-order valence-corrected chi connectivity index (χ0v) is 25.7. The molecule has 0 aromatic heterocycles. The molecule has 0 N–H and O–H groups in total. The largest absolute Gasteiger partial charge is 0.489 e. The van der Waals surface area contributed by atoms with E-state index in [-0.39, 0.29) is 11.9 Å². The smallest absolute Gasteiger partial charge is 0.337 e. The van der Waals surface area contributed by atoms with Crippen LogP contribution >= 0.6 is 15.9 Å². The van der Waals surface area contributed by atoms with Crippen molar-refractivity contribution in [3.05, 3.63) is 98.5 Å². The summed E-state index contributed by atoms with van der Waals surface area (Å²) in [5, 5.41) is 0. The summed E-state index contributed by atoms with van der Waals surface area (Å²) in [5.41, 5.74) is 6.91. The van der Waals surface area contributed by atoms with Gasteiger partial charge in [0.05, 0.1) is 19.8 Å². The van der Waals surface area contributed by atoms with Crippen molar-refractivity contribution in [1.82, 2.24) is 4.90 Å². The maximum Gasteiger partial charge on any atom is 0.337 e. The molecule has 0 saturated carbocycles. The Balaban J connectivity index is 1.48. The average molecular weight is 623 g/mol. The number of benzene rings is 3. The molecule has 1 aliphatic carbocycles.